The SMILES string of the molecule is COC(=O)C1(Nc2cccc(OC)c2)CCS(=O)(=O)C1. The number of hydrogen-bond donors (Lipinski definition) is 1. The summed E-state index contributed by atoms with van der Waals surface area (Å²) in [6.45, 7) is 0. The Bertz CT molecular complexity index is 613. The molecule has 20 heavy (non-hydrogen) atoms. The van der Waals surface area contributed by atoms with Gasteiger partial charge in [-0.15, -0.1) is 0 Å². The molecule has 1 N–H and O–H groups in total. The van der Waals surface area contributed by atoms with E-state index in [4.69, 9.17) is 9.47 Å². The molecule has 0 aromatic heterocycles. The van der Waals surface area contributed by atoms with E-state index < -0.39 is 21.3 Å². The summed E-state index contributed by atoms with van der Waals surface area (Å²) in [6.07, 6.45) is 0.194. The van der Waals surface area contributed by atoms with Crippen LogP contribution in [0.25, 0.3) is 0 Å². The summed E-state index contributed by atoms with van der Waals surface area (Å²) >= 11 is 0. The molecule has 0 amide bonds. The van der Waals surface area contributed by atoms with Crippen molar-refractivity contribution in [3.63, 3.8) is 0 Å². The van der Waals surface area contributed by atoms with E-state index >= 15 is 0 Å². The summed E-state index contributed by atoms with van der Waals surface area (Å²) in [5.74, 6) is -0.236. The van der Waals surface area contributed by atoms with Gasteiger partial charge >= 0.3 is 5.97 Å². The van der Waals surface area contributed by atoms with E-state index in [1.165, 1.54) is 14.2 Å². The Kier molecular flexibility index (Phi) is 3.89. The van der Waals surface area contributed by atoms with Crippen LogP contribution in [0.5, 0.6) is 5.75 Å². The molecule has 0 radical (unpaired) electrons. The van der Waals surface area contributed by atoms with Crippen LogP contribution in [0, 0.1) is 0 Å². The molecule has 1 atom stereocenters. The smallest absolute Gasteiger partial charge is 0.332 e. The average molecular weight is 299 g/mol. The van der Waals surface area contributed by atoms with E-state index in [0.29, 0.717) is 11.4 Å². The third kappa shape index (κ3) is 2.87. The van der Waals surface area contributed by atoms with Gasteiger partial charge in [-0.3, -0.25) is 0 Å². The first-order valence-corrected chi connectivity index (χ1v) is 7.94. The highest BCUT2D eigenvalue weighted by Gasteiger charge is 2.49. The quantitative estimate of drug-likeness (QED) is 0.830. The van der Waals surface area contributed by atoms with Crippen molar-refractivity contribution in [2.45, 2.75) is 12.0 Å². The van der Waals surface area contributed by atoms with E-state index in [0.717, 1.165) is 0 Å². The first-order chi connectivity index (χ1) is 9.41. The number of carbonyl (C=O) groups excluding carboxylic acids is 1. The number of methoxy groups -OCH3 is 2. The van der Waals surface area contributed by atoms with Crippen molar-refractivity contribution in [2.24, 2.45) is 0 Å². The van der Waals surface area contributed by atoms with Crippen LogP contribution in [0.1, 0.15) is 6.42 Å². The number of esters is 1. The van der Waals surface area contributed by atoms with Gasteiger partial charge in [0.05, 0.1) is 25.7 Å². The predicted molar refractivity (Wildman–Crippen MR) is 74.6 cm³/mol. The van der Waals surface area contributed by atoms with Crippen LogP contribution >= 0.6 is 0 Å². The Labute approximate surface area is 118 Å². The third-order valence-corrected chi connectivity index (χ3v) is 5.09. The van der Waals surface area contributed by atoms with Crippen LogP contribution in [-0.2, 0) is 19.4 Å². The van der Waals surface area contributed by atoms with Gasteiger partial charge < -0.3 is 14.8 Å². The number of sulfone groups is 1. The average Bonchev–Trinajstić information content (AvgIpc) is 2.74. The number of anilines is 1. The molecule has 0 bridgehead atoms. The second-order valence-corrected chi connectivity index (χ2v) is 6.96. The molecule has 1 aromatic carbocycles. The first kappa shape index (κ1) is 14.6. The summed E-state index contributed by atoms with van der Waals surface area (Å²) in [4.78, 5) is 12.0. The van der Waals surface area contributed by atoms with E-state index in [1.54, 1.807) is 24.3 Å². The number of nitrogens with one attached hydrogen (secondary N) is 1. The second kappa shape index (κ2) is 5.32. The maximum Gasteiger partial charge on any atom is 0.332 e. The summed E-state index contributed by atoms with van der Waals surface area (Å²) in [7, 11) is -0.450. The molecule has 6 nitrogen and oxygen atoms in total. The number of carbonyl (C=O) groups is 1. The molecule has 1 fully saturated rings. The molecule has 0 saturated carbocycles. The highest BCUT2D eigenvalue weighted by Crippen LogP contribution is 2.30. The molecule has 7 heteroatoms. The largest absolute Gasteiger partial charge is 0.497 e. The molecule has 1 aliphatic heterocycles. The van der Waals surface area contributed by atoms with Crippen LogP contribution in [-0.4, -0.2) is 45.7 Å². The van der Waals surface area contributed by atoms with Crippen LogP contribution < -0.4 is 10.1 Å². The van der Waals surface area contributed by atoms with Gasteiger partial charge in [0.15, 0.2) is 15.4 Å². The molecule has 0 aliphatic carbocycles. The highest BCUT2D eigenvalue weighted by molar-refractivity contribution is 7.91. The topological polar surface area (TPSA) is 81.7 Å². The summed E-state index contributed by atoms with van der Waals surface area (Å²) in [5, 5.41) is 3.00. The number of ether oxygens (including phenoxy) is 2. The van der Waals surface area contributed by atoms with Crippen molar-refractivity contribution in [2.75, 3.05) is 31.0 Å². The minimum atomic E-state index is -3.24. The van der Waals surface area contributed by atoms with Gasteiger partial charge in [0.2, 0.25) is 0 Å². The number of benzene rings is 1. The Morgan fingerprint density at radius 1 is 1.35 bits per heavy atom. The van der Waals surface area contributed by atoms with Crippen molar-refractivity contribution in [3.05, 3.63) is 24.3 Å². The van der Waals surface area contributed by atoms with E-state index in [9.17, 15) is 13.2 Å². The fraction of sp³-hybridized carbons (Fsp3) is 0.462. The summed E-state index contributed by atoms with van der Waals surface area (Å²) in [5.41, 5.74) is -0.605. The zero-order valence-corrected chi connectivity index (χ0v) is 12.2. The first-order valence-electron chi connectivity index (χ1n) is 6.12. The minimum absolute atomic E-state index is 0.0287. The maximum absolute atomic E-state index is 12.0. The molecular weight excluding hydrogens is 282 g/mol. The van der Waals surface area contributed by atoms with Crippen molar-refractivity contribution < 1.29 is 22.7 Å². The van der Waals surface area contributed by atoms with Crippen LogP contribution in [0.2, 0.25) is 0 Å². The van der Waals surface area contributed by atoms with E-state index in [1.807, 2.05) is 0 Å². The van der Waals surface area contributed by atoms with Crippen molar-refractivity contribution in [3.8, 4) is 5.75 Å². The summed E-state index contributed by atoms with van der Waals surface area (Å²) < 4.78 is 33.3. The highest BCUT2D eigenvalue weighted by atomic mass is 32.2. The fourth-order valence-electron chi connectivity index (χ4n) is 2.33. The number of hydrogen-bond acceptors (Lipinski definition) is 6. The van der Waals surface area contributed by atoms with Gasteiger partial charge in [0.1, 0.15) is 5.75 Å². The van der Waals surface area contributed by atoms with Gasteiger partial charge in [-0.25, -0.2) is 13.2 Å². The van der Waals surface area contributed by atoms with E-state index in [2.05, 4.69) is 5.32 Å². The molecule has 1 heterocycles. The van der Waals surface area contributed by atoms with Gasteiger partial charge in [0.25, 0.3) is 0 Å². The molecule has 1 aromatic rings. The monoisotopic (exact) mass is 299 g/mol. The normalized spacial score (nSPS) is 24.1. The molecule has 1 unspecified atom stereocenters. The van der Waals surface area contributed by atoms with Crippen LogP contribution in [0.3, 0.4) is 0 Å². The lowest BCUT2D eigenvalue weighted by Gasteiger charge is -2.27. The van der Waals surface area contributed by atoms with Crippen LogP contribution in [0.15, 0.2) is 24.3 Å². The second-order valence-electron chi connectivity index (χ2n) is 4.77. The minimum Gasteiger partial charge on any atom is -0.497 e. The molecular formula is C13H17NO5S. The maximum atomic E-state index is 12.0. The zero-order chi connectivity index (χ0) is 14.8. The Hall–Kier alpha value is -1.76. The fourth-order valence-corrected chi connectivity index (χ4v) is 4.22. The lowest BCUT2D eigenvalue weighted by molar-refractivity contribution is -0.145. The molecule has 0 spiro atoms. The zero-order valence-electron chi connectivity index (χ0n) is 11.4. The molecule has 110 valence electrons. The Morgan fingerprint density at radius 2 is 2.10 bits per heavy atom. The van der Waals surface area contributed by atoms with Crippen LogP contribution in [0.4, 0.5) is 5.69 Å². The molecule has 1 saturated heterocycles. The lowest BCUT2D eigenvalue weighted by Crippen LogP contribution is -2.48. The van der Waals surface area contributed by atoms with Crippen molar-refractivity contribution >= 4 is 21.5 Å². The van der Waals surface area contributed by atoms with E-state index in [-0.39, 0.29) is 17.9 Å². The Morgan fingerprint density at radius 3 is 2.65 bits per heavy atom. The van der Waals surface area contributed by atoms with Gasteiger partial charge in [0, 0.05) is 11.8 Å². The number of rotatable bonds is 4. The van der Waals surface area contributed by atoms with Crippen molar-refractivity contribution in [1.82, 2.24) is 0 Å². The summed E-state index contributed by atoms with van der Waals surface area (Å²) in [6, 6.07) is 6.98. The van der Waals surface area contributed by atoms with Gasteiger partial charge in [-0.1, -0.05) is 6.07 Å². The molecule has 2 rings (SSSR count). The van der Waals surface area contributed by atoms with Gasteiger partial charge in [-0.2, -0.15) is 0 Å². The predicted octanol–water partition coefficient (Wildman–Crippen LogP) is 0.837. The van der Waals surface area contributed by atoms with Crippen molar-refractivity contribution in [1.29, 1.82) is 0 Å². The third-order valence-electron chi connectivity index (χ3n) is 3.34. The van der Waals surface area contributed by atoms with Gasteiger partial charge in [-0.05, 0) is 18.6 Å². The molecule has 1 aliphatic rings. The lowest BCUT2D eigenvalue weighted by atomic mass is 9.98. The standard InChI is InChI=1S/C13H17NO5S/c1-18-11-5-3-4-10(8-11)14-13(12(15)19-2)6-7-20(16,17)9-13/h3-5,8,14H,6-7,9H2,1-2H3. The Balaban J connectivity index is 2.32.